The number of hydrogen-bond acceptors (Lipinski definition) is 4. The highest BCUT2D eigenvalue weighted by atomic mass is 15.3. The summed E-state index contributed by atoms with van der Waals surface area (Å²) in [5, 5.41) is 7.39. The quantitative estimate of drug-likeness (QED) is 0.825. The topological polar surface area (TPSA) is 55.6 Å². The number of rotatable bonds is 5. The van der Waals surface area contributed by atoms with E-state index in [9.17, 15) is 0 Å². The van der Waals surface area contributed by atoms with E-state index in [0.29, 0.717) is 6.54 Å². The molecule has 0 radical (unpaired) electrons. The van der Waals surface area contributed by atoms with E-state index >= 15 is 0 Å². The SMILES string of the molecule is CCCNc1ncccc1Cn1cncn1. The lowest BCUT2D eigenvalue weighted by Crippen LogP contribution is -2.08. The highest BCUT2D eigenvalue weighted by Gasteiger charge is 2.03. The Labute approximate surface area is 94.5 Å². The van der Waals surface area contributed by atoms with Crippen molar-refractivity contribution in [2.45, 2.75) is 19.9 Å². The van der Waals surface area contributed by atoms with Gasteiger partial charge >= 0.3 is 0 Å². The van der Waals surface area contributed by atoms with E-state index in [1.54, 1.807) is 17.2 Å². The Morgan fingerprint density at radius 3 is 3.12 bits per heavy atom. The van der Waals surface area contributed by atoms with Gasteiger partial charge in [-0.1, -0.05) is 13.0 Å². The third-order valence-electron chi connectivity index (χ3n) is 2.23. The minimum atomic E-state index is 0.694. The van der Waals surface area contributed by atoms with Crippen molar-refractivity contribution in [2.75, 3.05) is 11.9 Å². The number of nitrogens with zero attached hydrogens (tertiary/aromatic N) is 4. The fourth-order valence-electron chi connectivity index (χ4n) is 1.46. The van der Waals surface area contributed by atoms with Crippen LogP contribution in [0.1, 0.15) is 18.9 Å². The standard InChI is InChI=1S/C11H15N5/c1-2-5-13-11-10(4-3-6-14-11)7-16-9-12-8-15-16/h3-4,6,8-9H,2,5,7H2,1H3,(H,13,14). The zero-order valence-corrected chi connectivity index (χ0v) is 9.30. The largest absolute Gasteiger partial charge is 0.370 e. The molecule has 2 aromatic heterocycles. The molecule has 5 heteroatoms. The van der Waals surface area contributed by atoms with Crippen molar-refractivity contribution in [1.29, 1.82) is 0 Å². The number of aromatic nitrogens is 4. The average molecular weight is 217 g/mol. The predicted octanol–water partition coefficient (Wildman–Crippen LogP) is 1.54. The third kappa shape index (κ3) is 2.56. The Morgan fingerprint density at radius 2 is 2.38 bits per heavy atom. The number of nitrogens with one attached hydrogen (secondary N) is 1. The van der Waals surface area contributed by atoms with Gasteiger partial charge < -0.3 is 5.32 Å². The van der Waals surface area contributed by atoms with Crippen molar-refractivity contribution >= 4 is 5.82 Å². The highest BCUT2D eigenvalue weighted by Crippen LogP contribution is 2.12. The lowest BCUT2D eigenvalue weighted by Gasteiger charge is -2.09. The lowest BCUT2D eigenvalue weighted by atomic mass is 10.2. The maximum absolute atomic E-state index is 4.32. The second-order valence-corrected chi connectivity index (χ2v) is 3.53. The van der Waals surface area contributed by atoms with Crippen molar-refractivity contribution in [3.8, 4) is 0 Å². The second kappa shape index (κ2) is 5.25. The summed E-state index contributed by atoms with van der Waals surface area (Å²) >= 11 is 0. The first-order valence-corrected chi connectivity index (χ1v) is 5.40. The molecule has 0 unspecified atom stereocenters. The molecule has 0 fully saturated rings. The smallest absolute Gasteiger partial charge is 0.137 e. The molecule has 0 atom stereocenters. The zero-order valence-electron chi connectivity index (χ0n) is 9.30. The van der Waals surface area contributed by atoms with Gasteiger partial charge in [0.1, 0.15) is 18.5 Å². The van der Waals surface area contributed by atoms with Gasteiger partial charge in [0.2, 0.25) is 0 Å². The van der Waals surface area contributed by atoms with Crippen LogP contribution >= 0.6 is 0 Å². The summed E-state index contributed by atoms with van der Waals surface area (Å²) in [6.45, 7) is 3.76. The van der Waals surface area contributed by atoms with Crippen molar-refractivity contribution < 1.29 is 0 Å². The lowest BCUT2D eigenvalue weighted by molar-refractivity contribution is 0.683. The molecule has 0 amide bonds. The van der Waals surface area contributed by atoms with Crippen LogP contribution in [-0.2, 0) is 6.54 Å². The van der Waals surface area contributed by atoms with Gasteiger partial charge in [-0.05, 0) is 12.5 Å². The van der Waals surface area contributed by atoms with E-state index in [4.69, 9.17) is 0 Å². The first-order chi connectivity index (χ1) is 7.90. The molecule has 0 saturated heterocycles. The van der Waals surface area contributed by atoms with E-state index in [0.717, 1.165) is 24.3 Å². The summed E-state index contributed by atoms with van der Waals surface area (Å²) in [5.74, 6) is 0.930. The molecule has 0 aliphatic rings. The molecule has 2 aromatic rings. The summed E-state index contributed by atoms with van der Waals surface area (Å²) < 4.78 is 1.79. The summed E-state index contributed by atoms with van der Waals surface area (Å²) in [6, 6.07) is 3.98. The van der Waals surface area contributed by atoms with E-state index in [1.165, 1.54) is 6.33 Å². The van der Waals surface area contributed by atoms with E-state index in [1.807, 2.05) is 12.1 Å². The van der Waals surface area contributed by atoms with Crippen molar-refractivity contribution in [3.63, 3.8) is 0 Å². The van der Waals surface area contributed by atoms with Gasteiger partial charge in [0.25, 0.3) is 0 Å². The van der Waals surface area contributed by atoms with Crippen LogP contribution in [0.2, 0.25) is 0 Å². The van der Waals surface area contributed by atoms with Gasteiger partial charge in [0.05, 0.1) is 6.54 Å². The van der Waals surface area contributed by atoms with E-state index < -0.39 is 0 Å². The second-order valence-electron chi connectivity index (χ2n) is 3.53. The van der Waals surface area contributed by atoms with Crippen LogP contribution in [0.25, 0.3) is 0 Å². The fraction of sp³-hybridized carbons (Fsp3) is 0.364. The minimum Gasteiger partial charge on any atom is -0.370 e. The normalized spacial score (nSPS) is 10.3. The molecular weight excluding hydrogens is 202 g/mol. The molecule has 1 N–H and O–H groups in total. The number of anilines is 1. The molecule has 0 saturated carbocycles. The van der Waals surface area contributed by atoms with Gasteiger partial charge in [0, 0.05) is 18.3 Å². The van der Waals surface area contributed by atoms with Gasteiger partial charge in [0.15, 0.2) is 0 Å². The summed E-state index contributed by atoms with van der Waals surface area (Å²) in [4.78, 5) is 8.25. The molecule has 0 aliphatic heterocycles. The Morgan fingerprint density at radius 1 is 1.44 bits per heavy atom. The van der Waals surface area contributed by atoms with E-state index in [-0.39, 0.29) is 0 Å². The van der Waals surface area contributed by atoms with E-state index in [2.05, 4.69) is 27.3 Å². The van der Waals surface area contributed by atoms with Gasteiger partial charge in [-0.3, -0.25) is 0 Å². The highest BCUT2D eigenvalue weighted by molar-refractivity contribution is 5.43. The monoisotopic (exact) mass is 217 g/mol. The van der Waals surface area contributed by atoms with Crippen LogP contribution < -0.4 is 5.32 Å². The predicted molar refractivity (Wildman–Crippen MR) is 62.1 cm³/mol. The zero-order chi connectivity index (χ0) is 11.2. The molecular formula is C11H15N5. The van der Waals surface area contributed by atoms with Crippen LogP contribution in [0, 0.1) is 0 Å². The summed E-state index contributed by atoms with van der Waals surface area (Å²) in [7, 11) is 0. The third-order valence-corrected chi connectivity index (χ3v) is 2.23. The minimum absolute atomic E-state index is 0.694. The average Bonchev–Trinajstić information content (AvgIpc) is 2.81. The Hall–Kier alpha value is -1.91. The number of pyridine rings is 1. The maximum Gasteiger partial charge on any atom is 0.137 e. The Bertz CT molecular complexity index is 424. The van der Waals surface area contributed by atoms with Crippen molar-refractivity contribution in [3.05, 3.63) is 36.5 Å². The first kappa shape index (κ1) is 10.6. The fourth-order valence-corrected chi connectivity index (χ4v) is 1.46. The van der Waals surface area contributed by atoms with Crippen molar-refractivity contribution in [1.82, 2.24) is 19.7 Å². The van der Waals surface area contributed by atoms with Crippen LogP contribution in [0.5, 0.6) is 0 Å². The molecule has 0 bridgehead atoms. The first-order valence-electron chi connectivity index (χ1n) is 5.40. The van der Waals surface area contributed by atoms with Gasteiger partial charge in [-0.2, -0.15) is 5.10 Å². The molecule has 0 spiro atoms. The molecule has 0 aromatic carbocycles. The maximum atomic E-state index is 4.32. The van der Waals surface area contributed by atoms with Crippen molar-refractivity contribution in [2.24, 2.45) is 0 Å². The molecule has 5 nitrogen and oxygen atoms in total. The van der Waals surface area contributed by atoms with Crippen LogP contribution in [0.3, 0.4) is 0 Å². The van der Waals surface area contributed by atoms with Crippen LogP contribution in [0.15, 0.2) is 31.0 Å². The molecule has 2 rings (SSSR count). The molecule has 0 aliphatic carbocycles. The molecule has 2 heterocycles. The van der Waals surface area contributed by atoms with Gasteiger partial charge in [-0.25, -0.2) is 14.6 Å². The van der Waals surface area contributed by atoms with Crippen LogP contribution in [0.4, 0.5) is 5.82 Å². The molecule has 16 heavy (non-hydrogen) atoms. The van der Waals surface area contributed by atoms with Gasteiger partial charge in [-0.15, -0.1) is 0 Å². The summed E-state index contributed by atoms with van der Waals surface area (Å²) in [5.41, 5.74) is 1.13. The van der Waals surface area contributed by atoms with Crippen LogP contribution in [-0.4, -0.2) is 26.3 Å². The Balaban J connectivity index is 2.13. The Kier molecular flexibility index (Phi) is 3.48. The number of hydrogen-bond donors (Lipinski definition) is 1. The summed E-state index contributed by atoms with van der Waals surface area (Å²) in [6.07, 6.45) is 6.12. The molecule has 84 valence electrons.